The predicted octanol–water partition coefficient (Wildman–Crippen LogP) is 3.65. The van der Waals surface area contributed by atoms with E-state index in [0.29, 0.717) is 6.10 Å². The van der Waals surface area contributed by atoms with Gasteiger partial charge in [0.25, 0.3) is 0 Å². The van der Waals surface area contributed by atoms with E-state index in [2.05, 4.69) is 35.1 Å². The van der Waals surface area contributed by atoms with Crippen molar-refractivity contribution in [2.45, 2.75) is 32.8 Å². The van der Waals surface area contributed by atoms with Crippen LogP contribution >= 0.6 is 15.9 Å². The Morgan fingerprint density at radius 3 is 2.76 bits per heavy atom. The van der Waals surface area contributed by atoms with Crippen molar-refractivity contribution in [1.82, 2.24) is 0 Å². The van der Waals surface area contributed by atoms with Crippen LogP contribution in [0.5, 0.6) is 0 Å². The molecule has 0 saturated carbocycles. The van der Waals surface area contributed by atoms with Crippen molar-refractivity contribution in [3.63, 3.8) is 0 Å². The van der Waals surface area contributed by atoms with Crippen LogP contribution in [-0.4, -0.2) is 19.3 Å². The van der Waals surface area contributed by atoms with Gasteiger partial charge in [0.1, 0.15) is 0 Å². The van der Waals surface area contributed by atoms with E-state index in [9.17, 15) is 0 Å². The maximum Gasteiger partial charge on any atom is 0.0574 e. The molecule has 0 bridgehead atoms. The van der Waals surface area contributed by atoms with Crippen molar-refractivity contribution < 1.29 is 4.74 Å². The average molecular weight is 301 g/mol. The van der Waals surface area contributed by atoms with Gasteiger partial charge in [0, 0.05) is 17.6 Å². The van der Waals surface area contributed by atoms with E-state index in [4.69, 9.17) is 10.5 Å². The van der Waals surface area contributed by atoms with Crippen LogP contribution in [-0.2, 0) is 4.74 Å². The first-order valence-electron chi connectivity index (χ1n) is 6.00. The van der Waals surface area contributed by atoms with Gasteiger partial charge >= 0.3 is 0 Å². The Morgan fingerprint density at radius 2 is 2.12 bits per heavy atom. The zero-order valence-electron chi connectivity index (χ0n) is 10.5. The number of nitrogen functional groups attached to an aromatic ring is 1. The quantitative estimate of drug-likeness (QED) is 0.597. The zero-order chi connectivity index (χ0) is 12.7. The minimum atomic E-state index is 0.324. The molecule has 1 aromatic rings. The molecule has 0 aromatic heterocycles. The molecule has 96 valence electrons. The van der Waals surface area contributed by atoms with Gasteiger partial charge in [-0.2, -0.15) is 0 Å². The Hall–Kier alpha value is -0.740. The summed E-state index contributed by atoms with van der Waals surface area (Å²) in [6, 6.07) is 5.88. The van der Waals surface area contributed by atoms with Crippen molar-refractivity contribution in [3.05, 3.63) is 22.7 Å². The largest absolute Gasteiger partial charge is 0.397 e. The molecule has 0 radical (unpaired) electrons. The van der Waals surface area contributed by atoms with E-state index in [0.717, 1.165) is 41.8 Å². The molecule has 1 rings (SSSR count). The summed E-state index contributed by atoms with van der Waals surface area (Å²) in [6.45, 7) is 5.87. The number of benzene rings is 1. The topological polar surface area (TPSA) is 47.3 Å². The van der Waals surface area contributed by atoms with Gasteiger partial charge in [-0.1, -0.05) is 15.9 Å². The molecule has 4 heteroatoms. The van der Waals surface area contributed by atoms with Crippen LogP contribution in [0.4, 0.5) is 11.4 Å². The third-order valence-electron chi connectivity index (χ3n) is 2.35. The molecule has 0 fully saturated rings. The molecule has 3 N–H and O–H groups in total. The standard InChI is InChI=1S/C13H21BrN2O/c1-10(2)17-8-4-3-7-16-13-6-5-11(14)9-12(13)15/h5-6,9-10,16H,3-4,7-8,15H2,1-2H3. The lowest BCUT2D eigenvalue weighted by molar-refractivity contribution is 0.0765. The number of hydrogen-bond donors (Lipinski definition) is 2. The first-order chi connectivity index (χ1) is 8.09. The number of hydrogen-bond acceptors (Lipinski definition) is 3. The lowest BCUT2D eigenvalue weighted by Gasteiger charge is -2.10. The van der Waals surface area contributed by atoms with Gasteiger partial charge in [-0.3, -0.25) is 0 Å². The van der Waals surface area contributed by atoms with Gasteiger partial charge in [-0.25, -0.2) is 0 Å². The second-order valence-electron chi connectivity index (χ2n) is 4.29. The highest BCUT2D eigenvalue weighted by molar-refractivity contribution is 9.10. The maximum absolute atomic E-state index is 5.88. The third-order valence-corrected chi connectivity index (χ3v) is 2.84. The molecule has 0 atom stereocenters. The van der Waals surface area contributed by atoms with Gasteiger partial charge in [0.15, 0.2) is 0 Å². The summed E-state index contributed by atoms with van der Waals surface area (Å²) in [4.78, 5) is 0. The van der Waals surface area contributed by atoms with Gasteiger partial charge < -0.3 is 15.8 Å². The predicted molar refractivity (Wildman–Crippen MR) is 77.4 cm³/mol. The van der Waals surface area contributed by atoms with E-state index in [1.807, 2.05) is 18.2 Å². The summed E-state index contributed by atoms with van der Waals surface area (Å²) in [5, 5.41) is 3.33. The van der Waals surface area contributed by atoms with Crippen LogP contribution in [0.2, 0.25) is 0 Å². The van der Waals surface area contributed by atoms with Crippen LogP contribution in [0, 0.1) is 0 Å². The second-order valence-corrected chi connectivity index (χ2v) is 5.20. The Kier molecular flexibility index (Phi) is 6.37. The van der Waals surface area contributed by atoms with E-state index >= 15 is 0 Å². The molecule has 0 heterocycles. The molecule has 0 aliphatic heterocycles. The van der Waals surface area contributed by atoms with Crippen molar-refractivity contribution in [2.75, 3.05) is 24.2 Å². The summed E-state index contributed by atoms with van der Waals surface area (Å²) < 4.78 is 6.48. The number of unbranched alkanes of at least 4 members (excludes halogenated alkanes) is 1. The average Bonchev–Trinajstić information content (AvgIpc) is 2.25. The normalized spacial score (nSPS) is 10.8. The molecule has 0 unspecified atom stereocenters. The molecule has 0 amide bonds. The Balaban J connectivity index is 2.18. The fourth-order valence-electron chi connectivity index (χ4n) is 1.46. The van der Waals surface area contributed by atoms with Crippen LogP contribution in [0.15, 0.2) is 22.7 Å². The minimum Gasteiger partial charge on any atom is -0.397 e. The first-order valence-corrected chi connectivity index (χ1v) is 6.79. The Labute approximate surface area is 112 Å². The number of ether oxygens (including phenoxy) is 1. The lowest BCUT2D eigenvalue weighted by atomic mass is 10.2. The number of nitrogens with two attached hydrogens (primary N) is 1. The van der Waals surface area contributed by atoms with Gasteiger partial charge in [0.05, 0.1) is 17.5 Å². The van der Waals surface area contributed by atoms with E-state index in [-0.39, 0.29) is 0 Å². The van der Waals surface area contributed by atoms with Crippen LogP contribution in [0.1, 0.15) is 26.7 Å². The summed E-state index contributed by atoms with van der Waals surface area (Å²) in [6.07, 6.45) is 2.48. The Morgan fingerprint density at radius 1 is 1.35 bits per heavy atom. The van der Waals surface area contributed by atoms with Crippen molar-refractivity contribution >= 4 is 27.3 Å². The smallest absolute Gasteiger partial charge is 0.0574 e. The molecule has 0 saturated heterocycles. The fourth-order valence-corrected chi connectivity index (χ4v) is 1.84. The van der Waals surface area contributed by atoms with Gasteiger partial charge in [-0.05, 0) is 44.9 Å². The number of rotatable bonds is 7. The van der Waals surface area contributed by atoms with Gasteiger partial charge in [-0.15, -0.1) is 0 Å². The van der Waals surface area contributed by atoms with E-state index in [1.54, 1.807) is 0 Å². The van der Waals surface area contributed by atoms with Crippen LogP contribution in [0.3, 0.4) is 0 Å². The van der Waals surface area contributed by atoms with Crippen molar-refractivity contribution in [2.24, 2.45) is 0 Å². The lowest BCUT2D eigenvalue weighted by Crippen LogP contribution is -2.07. The number of anilines is 2. The van der Waals surface area contributed by atoms with Gasteiger partial charge in [0.2, 0.25) is 0 Å². The Bertz CT molecular complexity index is 342. The molecule has 17 heavy (non-hydrogen) atoms. The first kappa shape index (κ1) is 14.3. The summed E-state index contributed by atoms with van der Waals surface area (Å²) >= 11 is 3.39. The molecular formula is C13H21BrN2O. The van der Waals surface area contributed by atoms with Crippen LogP contribution in [0.25, 0.3) is 0 Å². The highest BCUT2D eigenvalue weighted by Gasteiger charge is 1.99. The summed E-state index contributed by atoms with van der Waals surface area (Å²) in [5.41, 5.74) is 7.66. The van der Waals surface area contributed by atoms with E-state index in [1.165, 1.54) is 0 Å². The summed E-state index contributed by atoms with van der Waals surface area (Å²) in [7, 11) is 0. The molecule has 0 aliphatic carbocycles. The molecule has 3 nitrogen and oxygen atoms in total. The maximum atomic E-state index is 5.88. The highest BCUT2D eigenvalue weighted by Crippen LogP contribution is 2.22. The third kappa shape index (κ3) is 5.94. The summed E-state index contributed by atoms with van der Waals surface area (Å²) in [5.74, 6) is 0. The second kappa shape index (κ2) is 7.56. The molecule has 1 aromatic carbocycles. The van der Waals surface area contributed by atoms with Crippen molar-refractivity contribution in [3.8, 4) is 0 Å². The highest BCUT2D eigenvalue weighted by atomic mass is 79.9. The number of nitrogens with one attached hydrogen (secondary N) is 1. The number of halogens is 1. The monoisotopic (exact) mass is 300 g/mol. The van der Waals surface area contributed by atoms with Crippen molar-refractivity contribution in [1.29, 1.82) is 0 Å². The zero-order valence-corrected chi connectivity index (χ0v) is 12.1. The molecule has 0 spiro atoms. The molecule has 0 aliphatic rings. The van der Waals surface area contributed by atoms with E-state index < -0.39 is 0 Å². The minimum absolute atomic E-state index is 0.324. The SMILES string of the molecule is CC(C)OCCCCNc1ccc(Br)cc1N. The fraction of sp³-hybridized carbons (Fsp3) is 0.538. The van der Waals surface area contributed by atoms with Crippen LogP contribution < -0.4 is 11.1 Å². The molecular weight excluding hydrogens is 280 g/mol.